The van der Waals surface area contributed by atoms with Crippen LogP contribution < -0.4 is 5.73 Å². The summed E-state index contributed by atoms with van der Waals surface area (Å²) in [5, 5.41) is 4.62. The van der Waals surface area contributed by atoms with Crippen LogP contribution in [0, 0.1) is 6.92 Å². The maximum absolute atomic E-state index is 5.67. The van der Waals surface area contributed by atoms with Crippen LogP contribution in [-0.4, -0.2) is 9.78 Å². The van der Waals surface area contributed by atoms with Gasteiger partial charge in [-0.15, -0.1) is 0 Å². The Morgan fingerprint density at radius 1 is 1.35 bits per heavy atom. The highest BCUT2D eigenvalue weighted by Gasteiger charge is 2.25. The molecule has 3 rings (SSSR count). The lowest BCUT2D eigenvalue weighted by Crippen LogP contribution is -2.01. The summed E-state index contributed by atoms with van der Waals surface area (Å²) < 4.78 is 1.96. The van der Waals surface area contributed by atoms with Gasteiger partial charge in [-0.2, -0.15) is 5.10 Å². The lowest BCUT2D eigenvalue weighted by atomic mass is 10.1. The topological polar surface area (TPSA) is 43.8 Å². The molecule has 0 spiro atoms. The second kappa shape index (κ2) is 4.00. The predicted molar refractivity (Wildman–Crippen MR) is 68.2 cm³/mol. The van der Waals surface area contributed by atoms with E-state index in [1.807, 2.05) is 10.9 Å². The van der Waals surface area contributed by atoms with Gasteiger partial charge in [0, 0.05) is 18.7 Å². The highest BCUT2D eigenvalue weighted by Crippen LogP contribution is 2.39. The van der Waals surface area contributed by atoms with E-state index in [1.165, 1.54) is 29.7 Å². The van der Waals surface area contributed by atoms with E-state index in [4.69, 9.17) is 5.73 Å². The normalized spacial score (nSPS) is 15.2. The minimum absolute atomic E-state index is 0.596. The van der Waals surface area contributed by atoms with Gasteiger partial charge in [-0.25, -0.2) is 4.68 Å². The average molecular weight is 227 g/mol. The minimum atomic E-state index is 0.596. The Balaban J connectivity index is 1.93. The zero-order valence-corrected chi connectivity index (χ0v) is 10.1. The number of nitrogens with two attached hydrogens (primary N) is 1. The quantitative estimate of drug-likeness (QED) is 0.875. The molecule has 1 aromatic carbocycles. The SMILES string of the molecule is Cc1cc(-n2ccc(C3CC3)n2)ccc1CN. The van der Waals surface area contributed by atoms with E-state index in [9.17, 15) is 0 Å². The van der Waals surface area contributed by atoms with Gasteiger partial charge < -0.3 is 5.73 Å². The van der Waals surface area contributed by atoms with Gasteiger partial charge in [-0.1, -0.05) is 6.07 Å². The fraction of sp³-hybridized carbons (Fsp3) is 0.357. The number of nitrogens with zero attached hydrogens (tertiary/aromatic N) is 2. The number of benzene rings is 1. The Bertz CT molecular complexity index is 538. The fourth-order valence-corrected chi connectivity index (χ4v) is 2.13. The zero-order chi connectivity index (χ0) is 11.8. The van der Waals surface area contributed by atoms with Crippen molar-refractivity contribution in [1.29, 1.82) is 0 Å². The number of aryl methyl sites for hydroxylation is 1. The van der Waals surface area contributed by atoms with Gasteiger partial charge >= 0.3 is 0 Å². The lowest BCUT2D eigenvalue weighted by molar-refractivity contribution is 0.835. The molecule has 3 heteroatoms. The molecular weight excluding hydrogens is 210 g/mol. The summed E-state index contributed by atoms with van der Waals surface area (Å²) in [6, 6.07) is 8.44. The number of hydrogen-bond acceptors (Lipinski definition) is 2. The summed E-state index contributed by atoms with van der Waals surface area (Å²) in [5.74, 6) is 0.709. The highest BCUT2D eigenvalue weighted by atomic mass is 15.3. The van der Waals surface area contributed by atoms with Gasteiger partial charge in [0.1, 0.15) is 0 Å². The predicted octanol–water partition coefficient (Wildman–Crippen LogP) is 2.52. The summed E-state index contributed by atoms with van der Waals surface area (Å²) in [7, 11) is 0. The van der Waals surface area contributed by atoms with E-state index < -0.39 is 0 Å². The van der Waals surface area contributed by atoms with Gasteiger partial charge in [0.15, 0.2) is 0 Å². The first-order valence-electron chi connectivity index (χ1n) is 6.13. The Morgan fingerprint density at radius 2 is 2.18 bits per heavy atom. The molecule has 1 aromatic heterocycles. The minimum Gasteiger partial charge on any atom is -0.326 e. The van der Waals surface area contributed by atoms with Crippen LogP contribution >= 0.6 is 0 Å². The average Bonchev–Trinajstić information content (AvgIpc) is 3.07. The molecular formula is C14H17N3. The molecule has 1 aliphatic carbocycles. The Kier molecular flexibility index (Phi) is 2.48. The molecule has 1 fully saturated rings. The van der Waals surface area contributed by atoms with Gasteiger partial charge in [0.2, 0.25) is 0 Å². The Hall–Kier alpha value is -1.61. The second-order valence-electron chi connectivity index (χ2n) is 4.77. The van der Waals surface area contributed by atoms with E-state index in [-0.39, 0.29) is 0 Å². The molecule has 0 radical (unpaired) electrons. The molecule has 0 unspecified atom stereocenters. The smallest absolute Gasteiger partial charge is 0.0659 e. The number of hydrogen-bond donors (Lipinski definition) is 1. The summed E-state index contributed by atoms with van der Waals surface area (Å²) in [6.07, 6.45) is 4.63. The van der Waals surface area contributed by atoms with Crippen LogP contribution in [0.4, 0.5) is 0 Å². The fourth-order valence-electron chi connectivity index (χ4n) is 2.13. The maximum atomic E-state index is 5.67. The first kappa shape index (κ1) is 10.5. The van der Waals surface area contributed by atoms with Crippen molar-refractivity contribution >= 4 is 0 Å². The van der Waals surface area contributed by atoms with Crippen LogP contribution in [0.5, 0.6) is 0 Å². The van der Waals surface area contributed by atoms with E-state index in [2.05, 4.69) is 36.3 Å². The highest BCUT2D eigenvalue weighted by molar-refractivity contribution is 5.39. The molecule has 1 heterocycles. The molecule has 0 atom stereocenters. The summed E-state index contributed by atoms with van der Waals surface area (Å²) >= 11 is 0. The van der Waals surface area contributed by atoms with Crippen molar-refractivity contribution in [1.82, 2.24) is 9.78 Å². The summed E-state index contributed by atoms with van der Waals surface area (Å²) in [6.45, 7) is 2.69. The zero-order valence-electron chi connectivity index (χ0n) is 10.1. The first-order valence-corrected chi connectivity index (χ1v) is 6.13. The van der Waals surface area contributed by atoms with Crippen molar-refractivity contribution in [2.75, 3.05) is 0 Å². The third-order valence-corrected chi connectivity index (χ3v) is 3.42. The van der Waals surface area contributed by atoms with Crippen molar-refractivity contribution < 1.29 is 0 Å². The van der Waals surface area contributed by atoms with Gasteiger partial charge in [0.05, 0.1) is 11.4 Å². The Morgan fingerprint density at radius 3 is 2.82 bits per heavy atom. The standard InChI is InChI=1S/C14H17N3/c1-10-8-13(5-4-12(10)9-15)17-7-6-14(16-17)11-2-3-11/h4-8,11H,2-3,9,15H2,1H3. The first-order chi connectivity index (χ1) is 8.28. The molecule has 17 heavy (non-hydrogen) atoms. The van der Waals surface area contributed by atoms with Crippen LogP contribution in [0.3, 0.4) is 0 Å². The van der Waals surface area contributed by atoms with Gasteiger partial charge in [-0.3, -0.25) is 0 Å². The van der Waals surface area contributed by atoms with E-state index in [0.717, 1.165) is 5.69 Å². The monoisotopic (exact) mass is 227 g/mol. The summed E-state index contributed by atoms with van der Waals surface area (Å²) in [4.78, 5) is 0. The van der Waals surface area contributed by atoms with Crippen molar-refractivity contribution in [3.8, 4) is 5.69 Å². The molecule has 3 nitrogen and oxygen atoms in total. The lowest BCUT2D eigenvalue weighted by Gasteiger charge is -2.06. The van der Waals surface area contributed by atoms with Crippen molar-refractivity contribution in [3.05, 3.63) is 47.3 Å². The van der Waals surface area contributed by atoms with Crippen molar-refractivity contribution in [2.24, 2.45) is 5.73 Å². The molecule has 0 amide bonds. The largest absolute Gasteiger partial charge is 0.326 e. The molecule has 2 N–H and O–H groups in total. The molecule has 1 aliphatic rings. The molecule has 1 saturated carbocycles. The van der Waals surface area contributed by atoms with Crippen molar-refractivity contribution in [3.63, 3.8) is 0 Å². The van der Waals surface area contributed by atoms with Crippen LogP contribution in [0.15, 0.2) is 30.5 Å². The molecule has 0 bridgehead atoms. The van der Waals surface area contributed by atoms with Crippen LogP contribution in [-0.2, 0) is 6.54 Å². The van der Waals surface area contributed by atoms with Crippen LogP contribution in [0.1, 0.15) is 35.6 Å². The van der Waals surface area contributed by atoms with E-state index in [1.54, 1.807) is 0 Å². The van der Waals surface area contributed by atoms with E-state index >= 15 is 0 Å². The third-order valence-electron chi connectivity index (χ3n) is 3.42. The van der Waals surface area contributed by atoms with Crippen molar-refractivity contribution in [2.45, 2.75) is 32.2 Å². The number of aromatic nitrogens is 2. The third kappa shape index (κ3) is 1.98. The molecule has 88 valence electrons. The Labute approximate surface area is 101 Å². The van der Waals surface area contributed by atoms with E-state index in [0.29, 0.717) is 12.5 Å². The maximum Gasteiger partial charge on any atom is 0.0659 e. The van der Waals surface area contributed by atoms with Gasteiger partial charge in [0.25, 0.3) is 0 Å². The molecule has 0 saturated heterocycles. The summed E-state index contributed by atoms with van der Waals surface area (Å²) in [5.41, 5.74) is 10.4. The molecule has 2 aromatic rings. The van der Waals surface area contributed by atoms with Crippen LogP contribution in [0.2, 0.25) is 0 Å². The van der Waals surface area contributed by atoms with Gasteiger partial charge in [-0.05, 0) is 49.1 Å². The molecule has 0 aliphatic heterocycles. The number of rotatable bonds is 3. The second-order valence-corrected chi connectivity index (χ2v) is 4.77. The van der Waals surface area contributed by atoms with Crippen LogP contribution in [0.25, 0.3) is 5.69 Å².